The lowest BCUT2D eigenvalue weighted by atomic mass is 10.1. The second-order valence-corrected chi connectivity index (χ2v) is 2.33. The Balaban J connectivity index is 2.08. The fraction of sp³-hybridized carbons (Fsp3) is 1.00. The lowest BCUT2D eigenvalue weighted by molar-refractivity contribution is 0.0409. The van der Waals surface area contributed by atoms with Crippen molar-refractivity contribution in [1.82, 2.24) is 5.32 Å². The average molecular weight is 128 g/mol. The first kappa shape index (κ1) is 7.03. The van der Waals surface area contributed by atoms with Crippen molar-refractivity contribution in [1.29, 1.82) is 0 Å². The summed E-state index contributed by atoms with van der Waals surface area (Å²) in [6, 6.07) is 0. The molecule has 0 N–H and O–H groups in total. The fourth-order valence-electron chi connectivity index (χ4n) is 1.13. The van der Waals surface area contributed by atoms with Crippen LogP contribution in [0.25, 0.3) is 0 Å². The molecule has 1 aliphatic rings. The van der Waals surface area contributed by atoms with E-state index in [1.165, 1.54) is 0 Å². The van der Waals surface area contributed by atoms with E-state index >= 15 is 0 Å². The molecule has 1 radical (unpaired) electrons. The topological polar surface area (TPSA) is 23.3 Å². The van der Waals surface area contributed by atoms with Crippen molar-refractivity contribution in [2.24, 2.45) is 0 Å². The van der Waals surface area contributed by atoms with Crippen molar-refractivity contribution < 1.29 is 4.74 Å². The highest BCUT2D eigenvalue weighted by atomic mass is 16.5. The van der Waals surface area contributed by atoms with Crippen LogP contribution in [-0.2, 0) is 4.74 Å². The summed E-state index contributed by atoms with van der Waals surface area (Å²) in [7, 11) is 0. The van der Waals surface area contributed by atoms with Crippen LogP contribution in [0.3, 0.4) is 0 Å². The molecule has 2 heteroatoms. The van der Waals surface area contributed by atoms with Gasteiger partial charge in [0.15, 0.2) is 0 Å². The Labute approximate surface area is 56.6 Å². The number of piperidine rings is 1. The molecule has 2 nitrogen and oxygen atoms in total. The highest BCUT2D eigenvalue weighted by molar-refractivity contribution is 4.67. The molecule has 0 aromatic heterocycles. The van der Waals surface area contributed by atoms with Gasteiger partial charge in [-0.1, -0.05) is 0 Å². The normalized spacial score (nSPS) is 22.3. The van der Waals surface area contributed by atoms with E-state index in [2.05, 4.69) is 5.32 Å². The SMILES string of the molecule is CCOC1CC[N]CC1. The van der Waals surface area contributed by atoms with Gasteiger partial charge in [-0.05, 0) is 19.8 Å². The first-order chi connectivity index (χ1) is 4.43. The zero-order valence-corrected chi connectivity index (χ0v) is 5.97. The quantitative estimate of drug-likeness (QED) is 0.539. The summed E-state index contributed by atoms with van der Waals surface area (Å²) in [4.78, 5) is 0. The predicted molar refractivity (Wildman–Crippen MR) is 36.5 cm³/mol. The molecule has 0 unspecified atom stereocenters. The minimum atomic E-state index is 0.507. The second kappa shape index (κ2) is 3.85. The Morgan fingerprint density at radius 3 is 2.67 bits per heavy atom. The van der Waals surface area contributed by atoms with Crippen molar-refractivity contribution in [2.75, 3.05) is 19.7 Å². The zero-order chi connectivity index (χ0) is 6.53. The van der Waals surface area contributed by atoms with Crippen LogP contribution in [0.15, 0.2) is 0 Å². The molecule has 0 bridgehead atoms. The van der Waals surface area contributed by atoms with Gasteiger partial charge in [-0.2, -0.15) is 0 Å². The van der Waals surface area contributed by atoms with Gasteiger partial charge < -0.3 is 4.74 Å². The van der Waals surface area contributed by atoms with E-state index in [4.69, 9.17) is 4.74 Å². The van der Waals surface area contributed by atoms with Gasteiger partial charge in [-0.15, -0.1) is 0 Å². The molecule has 53 valence electrons. The van der Waals surface area contributed by atoms with Crippen molar-refractivity contribution in [2.45, 2.75) is 25.9 Å². The van der Waals surface area contributed by atoms with E-state index < -0.39 is 0 Å². The van der Waals surface area contributed by atoms with Crippen molar-refractivity contribution in [3.63, 3.8) is 0 Å². The number of ether oxygens (including phenoxy) is 1. The van der Waals surface area contributed by atoms with Crippen molar-refractivity contribution >= 4 is 0 Å². The van der Waals surface area contributed by atoms with E-state index in [0.717, 1.165) is 32.5 Å². The molecule has 1 fully saturated rings. The maximum absolute atomic E-state index is 5.42. The summed E-state index contributed by atoms with van der Waals surface area (Å²) < 4.78 is 5.42. The lowest BCUT2D eigenvalue weighted by Gasteiger charge is -2.20. The summed E-state index contributed by atoms with van der Waals surface area (Å²) in [5.74, 6) is 0. The lowest BCUT2D eigenvalue weighted by Crippen LogP contribution is -2.28. The summed E-state index contributed by atoms with van der Waals surface area (Å²) in [6.45, 7) is 4.91. The molecule has 0 aliphatic carbocycles. The van der Waals surface area contributed by atoms with Crippen molar-refractivity contribution in [3.8, 4) is 0 Å². The molecule has 1 rings (SSSR count). The molecule has 0 atom stereocenters. The van der Waals surface area contributed by atoms with Crippen LogP contribution in [0.1, 0.15) is 19.8 Å². The third-order valence-electron chi connectivity index (χ3n) is 1.62. The third-order valence-corrected chi connectivity index (χ3v) is 1.62. The minimum Gasteiger partial charge on any atom is -0.378 e. The van der Waals surface area contributed by atoms with Gasteiger partial charge in [0.25, 0.3) is 0 Å². The number of hydrogen-bond donors (Lipinski definition) is 0. The fourth-order valence-corrected chi connectivity index (χ4v) is 1.13. The van der Waals surface area contributed by atoms with Gasteiger partial charge >= 0.3 is 0 Å². The number of hydrogen-bond acceptors (Lipinski definition) is 1. The molecular formula is C7H14NO. The van der Waals surface area contributed by atoms with E-state index in [0.29, 0.717) is 6.10 Å². The smallest absolute Gasteiger partial charge is 0.0600 e. The van der Waals surface area contributed by atoms with Gasteiger partial charge in [0, 0.05) is 19.7 Å². The van der Waals surface area contributed by atoms with Crippen LogP contribution in [0, 0.1) is 0 Å². The van der Waals surface area contributed by atoms with Crippen LogP contribution in [0.5, 0.6) is 0 Å². The van der Waals surface area contributed by atoms with Crippen LogP contribution in [0.4, 0.5) is 0 Å². The Bertz CT molecular complexity index is 66.6. The van der Waals surface area contributed by atoms with Gasteiger partial charge in [0.1, 0.15) is 0 Å². The van der Waals surface area contributed by atoms with Gasteiger partial charge in [-0.25, -0.2) is 5.32 Å². The molecule has 0 saturated carbocycles. The first-order valence-electron chi connectivity index (χ1n) is 3.68. The van der Waals surface area contributed by atoms with Gasteiger partial charge in [0.2, 0.25) is 0 Å². The van der Waals surface area contributed by atoms with E-state index in [1.54, 1.807) is 0 Å². The Morgan fingerprint density at radius 1 is 1.44 bits per heavy atom. The molecule has 0 amide bonds. The van der Waals surface area contributed by atoms with Gasteiger partial charge in [-0.3, -0.25) is 0 Å². The first-order valence-corrected chi connectivity index (χ1v) is 3.68. The molecule has 1 heterocycles. The van der Waals surface area contributed by atoms with Gasteiger partial charge in [0.05, 0.1) is 6.10 Å². The minimum absolute atomic E-state index is 0.507. The van der Waals surface area contributed by atoms with E-state index in [9.17, 15) is 0 Å². The highest BCUT2D eigenvalue weighted by Gasteiger charge is 2.12. The molecule has 0 aromatic rings. The Morgan fingerprint density at radius 2 is 2.11 bits per heavy atom. The Hall–Kier alpha value is -0.0800. The summed E-state index contributed by atoms with van der Waals surface area (Å²) in [5, 5.41) is 4.23. The van der Waals surface area contributed by atoms with Crippen LogP contribution < -0.4 is 5.32 Å². The van der Waals surface area contributed by atoms with E-state index in [-0.39, 0.29) is 0 Å². The number of nitrogens with zero attached hydrogens (tertiary/aromatic N) is 1. The van der Waals surface area contributed by atoms with Crippen LogP contribution in [-0.4, -0.2) is 25.8 Å². The maximum atomic E-state index is 5.42. The summed E-state index contributed by atoms with van der Waals surface area (Å²) in [5.41, 5.74) is 0. The monoisotopic (exact) mass is 128 g/mol. The Kier molecular flexibility index (Phi) is 3.01. The van der Waals surface area contributed by atoms with Crippen LogP contribution >= 0.6 is 0 Å². The molecule has 0 aromatic carbocycles. The van der Waals surface area contributed by atoms with Crippen LogP contribution in [0.2, 0.25) is 0 Å². The second-order valence-electron chi connectivity index (χ2n) is 2.33. The third kappa shape index (κ3) is 2.33. The van der Waals surface area contributed by atoms with Crippen molar-refractivity contribution in [3.05, 3.63) is 0 Å². The molecule has 9 heavy (non-hydrogen) atoms. The molecule has 1 saturated heterocycles. The average Bonchev–Trinajstić information content (AvgIpc) is 1.91. The summed E-state index contributed by atoms with van der Waals surface area (Å²) in [6.07, 6.45) is 2.77. The highest BCUT2D eigenvalue weighted by Crippen LogP contribution is 2.06. The van der Waals surface area contributed by atoms with E-state index in [1.807, 2.05) is 6.92 Å². The zero-order valence-electron chi connectivity index (χ0n) is 5.97. The molecular weight excluding hydrogens is 114 g/mol. The standard InChI is InChI=1S/C7H14NO/c1-2-9-7-3-5-8-6-4-7/h7H,2-6H2,1H3. The predicted octanol–water partition coefficient (Wildman–Crippen LogP) is 0.790. The summed E-state index contributed by atoms with van der Waals surface area (Å²) >= 11 is 0. The largest absolute Gasteiger partial charge is 0.378 e. The molecule has 1 aliphatic heterocycles. The number of rotatable bonds is 2. The molecule has 0 spiro atoms. The maximum Gasteiger partial charge on any atom is 0.0600 e.